The summed E-state index contributed by atoms with van der Waals surface area (Å²) in [7, 11) is 1.89. The van der Waals surface area contributed by atoms with Gasteiger partial charge in [-0.2, -0.15) is 0 Å². The maximum absolute atomic E-state index is 12.7. The molecule has 0 spiro atoms. The number of hydrogen-bond acceptors (Lipinski definition) is 5. The Labute approximate surface area is 145 Å². The zero-order chi connectivity index (χ0) is 17.1. The Kier molecular flexibility index (Phi) is 5.20. The minimum absolute atomic E-state index is 0.0254. The van der Waals surface area contributed by atoms with Crippen molar-refractivity contribution in [1.82, 2.24) is 19.4 Å². The van der Waals surface area contributed by atoms with Gasteiger partial charge in [-0.3, -0.25) is 4.79 Å². The molecule has 1 saturated heterocycles. The van der Waals surface area contributed by atoms with Gasteiger partial charge in [-0.05, 0) is 37.1 Å². The molecule has 1 aliphatic rings. The molecule has 1 fully saturated rings. The molecule has 0 unspecified atom stereocenters. The topological polar surface area (TPSA) is 71.2 Å². The van der Waals surface area contributed by atoms with Crippen LogP contribution >= 0.6 is 11.8 Å². The number of imidazole rings is 1. The number of carbonyl (C=O) groups excluding carboxylic acids is 1. The second kappa shape index (κ2) is 7.36. The maximum atomic E-state index is 12.7. The van der Waals surface area contributed by atoms with Gasteiger partial charge in [0, 0.05) is 38.7 Å². The summed E-state index contributed by atoms with van der Waals surface area (Å²) >= 11 is 1.48. The van der Waals surface area contributed by atoms with Crippen LogP contribution in [0.3, 0.4) is 0 Å². The first-order chi connectivity index (χ1) is 11.6. The van der Waals surface area contributed by atoms with E-state index in [9.17, 15) is 9.90 Å². The number of amides is 1. The predicted molar refractivity (Wildman–Crippen MR) is 92.8 cm³/mol. The molecule has 3 heterocycles. The van der Waals surface area contributed by atoms with E-state index in [1.165, 1.54) is 11.8 Å². The zero-order valence-corrected chi connectivity index (χ0v) is 14.7. The fraction of sp³-hybridized carbons (Fsp3) is 0.471. The lowest BCUT2D eigenvalue weighted by molar-refractivity contribution is 0.0418. The Morgan fingerprint density at radius 2 is 2.08 bits per heavy atom. The van der Waals surface area contributed by atoms with E-state index in [-0.39, 0.29) is 11.8 Å². The quantitative estimate of drug-likeness (QED) is 0.859. The van der Waals surface area contributed by atoms with Crippen molar-refractivity contribution in [3.63, 3.8) is 0 Å². The highest BCUT2D eigenvalue weighted by molar-refractivity contribution is 7.98. The minimum Gasteiger partial charge on any atom is -0.385 e. The summed E-state index contributed by atoms with van der Waals surface area (Å²) in [5.41, 5.74) is 0.660. The molecule has 2 aromatic rings. The van der Waals surface area contributed by atoms with Crippen molar-refractivity contribution in [1.29, 1.82) is 0 Å². The maximum Gasteiger partial charge on any atom is 0.256 e. The number of aliphatic hydroxyl groups is 1. The van der Waals surface area contributed by atoms with E-state index in [0.29, 0.717) is 24.5 Å². The number of hydrogen-bond donors (Lipinski definition) is 1. The normalized spacial score (nSPS) is 17.0. The number of aromatic nitrogens is 3. The summed E-state index contributed by atoms with van der Waals surface area (Å²) in [4.78, 5) is 23.1. The largest absolute Gasteiger partial charge is 0.385 e. The van der Waals surface area contributed by atoms with E-state index in [0.717, 1.165) is 17.9 Å². The van der Waals surface area contributed by atoms with Crippen LogP contribution in [-0.4, -0.2) is 49.8 Å². The van der Waals surface area contributed by atoms with Crippen LogP contribution in [0.4, 0.5) is 0 Å². The minimum atomic E-state index is -0.581. The predicted octanol–water partition coefficient (Wildman–Crippen LogP) is 2.12. The van der Waals surface area contributed by atoms with Crippen molar-refractivity contribution in [2.45, 2.75) is 24.0 Å². The average molecular weight is 346 g/mol. The number of aryl methyl sites for hydroxylation is 1. The lowest BCUT2D eigenvalue weighted by Crippen LogP contribution is -2.40. The smallest absolute Gasteiger partial charge is 0.256 e. The number of thioether (sulfide) groups is 1. The van der Waals surface area contributed by atoms with E-state index in [1.54, 1.807) is 18.5 Å². The molecule has 2 aromatic heterocycles. The molecule has 1 N–H and O–H groups in total. The molecular weight excluding hydrogens is 324 g/mol. The second-order valence-corrected chi connectivity index (χ2v) is 6.83. The molecule has 1 atom stereocenters. The summed E-state index contributed by atoms with van der Waals surface area (Å²) < 4.78 is 1.85. The van der Waals surface area contributed by atoms with Gasteiger partial charge in [0.15, 0.2) is 0 Å². The number of likely N-dealkylation sites (tertiary alicyclic amines) is 1. The van der Waals surface area contributed by atoms with Crippen LogP contribution in [-0.2, 0) is 7.05 Å². The van der Waals surface area contributed by atoms with Crippen molar-refractivity contribution in [3.05, 3.63) is 42.1 Å². The molecule has 3 rings (SSSR count). The lowest BCUT2D eigenvalue weighted by Gasteiger charge is -2.34. The summed E-state index contributed by atoms with van der Waals surface area (Å²) in [5, 5.41) is 11.3. The summed E-state index contributed by atoms with van der Waals surface area (Å²) in [6.07, 6.45) is 8.13. The summed E-state index contributed by atoms with van der Waals surface area (Å²) in [6.45, 7) is 1.29. The van der Waals surface area contributed by atoms with Gasteiger partial charge in [0.25, 0.3) is 5.91 Å². The number of nitrogens with zero attached hydrogens (tertiary/aromatic N) is 4. The number of piperidine rings is 1. The van der Waals surface area contributed by atoms with E-state index < -0.39 is 6.10 Å². The highest BCUT2D eigenvalue weighted by Gasteiger charge is 2.31. The molecule has 0 radical (unpaired) electrons. The highest BCUT2D eigenvalue weighted by Crippen LogP contribution is 2.30. The Balaban J connectivity index is 1.65. The molecule has 0 aliphatic carbocycles. The number of aliphatic hydroxyl groups excluding tert-OH is 1. The highest BCUT2D eigenvalue weighted by atomic mass is 32.2. The standard InChI is InChI=1S/C17H22N4O2S/c1-20-11-8-18-15(20)14(22)12-5-9-21(10-6-12)17(23)13-4-3-7-19-16(13)24-2/h3-4,7-8,11-12,14,22H,5-6,9-10H2,1-2H3/t14-/m0/s1. The monoisotopic (exact) mass is 346 g/mol. The third-order valence-electron chi connectivity index (χ3n) is 4.59. The van der Waals surface area contributed by atoms with Crippen LogP contribution in [0.15, 0.2) is 35.7 Å². The fourth-order valence-corrected chi connectivity index (χ4v) is 3.72. The molecule has 7 heteroatoms. The van der Waals surface area contributed by atoms with Crippen LogP contribution in [0, 0.1) is 5.92 Å². The third-order valence-corrected chi connectivity index (χ3v) is 5.30. The van der Waals surface area contributed by atoms with Gasteiger partial charge in [-0.25, -0.2) is 9.97 Å². The van der Waals surface area contributed by atoms with Crippen LogP contribution < -0.4 is 0 Å². The molecule has 24 heavy (non-hydrogen) atoms. The van der Waals surface area contributed by atoms with Crippen LogP contribution in [0.5, 0.6) is 0 Å². The summed E-state index contributed by atoms with van der Waals surface area (Å²) in [5.74, 6) is 0.846. The SMILES string of the molecule is CSc1ncccc1C(=O)N1CCC([C@H](O)c2nccn2C)CC1. The van der Waals surface area contributed by atoms with Crippen LogP contribution in [0.1, 0.15) is 35.1 Å². The average Bonchev–Trinajstić information content (AvgIpc) is 3.06. The Bertz CT molecular complexity index is 710. The number of carbonyl (C=O) groups is 1. The molecule has 0 saturated carbocycles. The second-order valence-electron chi connectivity index (χ2n) is 6.03. The Hall–Kier alpha value is -1.86. The van der Waals surface area contributed by atoms with Gasteiger partial charge in [-0.1, -0.05) is 0 Å². The van der Waals surface area contributed by atoms with Gasteiger partial charge in [-0.15, -0.1) is 11.8 Å². The van der Waals surface area contributed by atoms with Gasteiger partial charge < -0.3 is 14.6 Å². The molecule has 1 aliphatic heterocycles. The van der Waals surface area contributed by atoms with Crippen molar-refractivity contribution in [2.75, 3.05) is 19.3 Å². The molecule has 6 nitrogen and oxygen atoms in total. The van der Waals surface area contributed by atoms with Crippen molar-refractivity contribution < 1.29 is 9.90 Å². The van der Waals surface area contributed by atoms with Crippen molar-refractivity contribution >= 4 is 17.7 Å². The van der Waals surface area contributed by atoms with Crippen LogP contribution in [0.2, 0.25) is 0 Å². The van der Waals surface area contributed by atoms with E-state index >= 15 is 0 Å². The molecular formula is C17H22N4O2S. The van der Waals surface area contributed by atoms with Crippen molar-refractivity contribution in [3.8, 4) is 0 Å². The fourth-order valence-electron chi connectivity index (χ4n) is 3.18. The van der Waals surface area contributed by atoms with Crippen molar-refractivity contribution in [2.24, 2.45) is 13.0 Å². The molecule has 0 bridgehead atoms. The lowest BCUT2D eigenvalue weighted by atomic mass is 9.90. The Morgan fingerprint density at radius 1 is 1.33 bits per heavy atom. The molecule has 128 valence electrons. The third kappa shape index (κ3) is 3.32. The van der Waals surface area contributed by atoms with E-state index in [1.807, 2.05) is 35.0 Å². The van der Waals surface area contributed by atoms with Gasteiger partial charge in [0.1, 0.15) is 17.0 Å². The molecule has 0 aromatic carbocycles. The first-order valence-electron chi connectivity index (χ1n) is 8.05. The zero-order valence-electron chi connectivity index (χ0n) is 13.9. The van der Waals surface area contributed by atoms with E-state index in [2.05, 4.69) is 9.97 Å². The number of pyridine rings is 1. The molecule has 1 amide bonds. The first kappa shape index (κ1) is 17.0. The first-order valence-corrected chi connectivity index (χ1v) is 9.28. The summed E-state index contributed by atoms with van der Waals surface area (Å²) in [6, 6.07) is 3.63. The van der Waals surface area contributed by atoms with Gasteiger partial charge in [0.2, 0.25) is 0 Å². The van der Waals surface area contributed by atoms with E-state index in [4.69, 9.17) is 0 Å². The Morgan fingerprint density at radius 3 is 2.71 bits per heavy atom. The van der Waals surface area contributed by atoms with Gasteiger partial charge >= 0.3 is 0 Å². The number of rotatable bonds is 4. The van der Waals surface area contributed by atoms with Crippen LogP contribution in [0.25, 0.3) is 0 Å². The van der Waals surface area contributed by atoms with Gasteiger partial charge in [0.05, 0.1) is 5.56 Å².